The van der Waals surface area contributed by atoms with Crippen molar-refractivity contribution in [3.8, 4) is 0 Å². The van der Waals surface area contributed by atoms with Gasteiger partial charge in [-0.1, -0.05) is 6.42 Å². The molecule has 4 atom stereocenters. The maximum atomic E-state index is 2.58. The maximum Gasteiger partial charge on any atom is 0.0262 e. The van der Waals surface area contributed by atoms with Gasteiger partial charge in [-0.25, -0.2) is 0 Å². The zero-order valence-corrected chi connectivity index (χ0v) is 11.7. The Morgan fingerprint density at radius 2 is 1.93 bits per heavy atom. The van der Waals surface area contributed by atoms with Crippen LogP contribution < -0.4 is 0 Å². The van der Waals surface area contributed by atoms with Crippen LogP contribution in [0.3, 0.4) is 0 Å². The van der Waals surface area contributed by atoms with Crippen LogP contribution in [0.25, 0.3) is 0 Å². The van der Waals surface area contributed by atoms with Gasteiger partial charge in [0.1, 0.15) is 0 Å². The van der Waals surface area contributed by atoms with Gasteiger partial charge in [-0.2, -0.15) is 0 Å². The maximum absolute atomic E-state index is 2.58. The fraction of sp³-hybridized carbons (Fsp3) is 1.00. The first-order chi connectivity index (χ1) is 6.25. The predicted octanol–water partition coefficient (Wildman–Crippen LogP) is 3.13. The molecule has 3 rings (SSSR count). The summed E-state index contributed by atoms with van der Waals surface area (Å²) in [6, 6.07) is 0. The molecule has 0 radical (unpaired) electrons. The van der Waals surface area contributed by atoms with Crippen LogP contribution in [0.5, 0.6) is 0 Å². The molecule has 0 aliphatic heterocycles. The average molecular weight is 307 g/mol. The molecule has 0 N–H and O–H groups in total. The summed E-state index contributed by atoms with van der Waals surface area (Å²) in [6.45, 7) is 0. The molecule has 1 nitrogen and oxygen atoms in total. The minimum Gasteiger partial charge on any atom is -0.303 e. The van der Waals surface area contributed by atoms with Gasteiger partial charge >= 0.3 is 0 Å². The van der Waals surface area contributed by atoms with Crippen molar-refractivity contribution in [3.05, 3.63) is 0 Å². The summed E-state index contributed by atoms with van der Waals surface area (Å²) in [5.74, 6) is 3.23. The van der Waals surface area contributed by atoms with E-state index < -0.39 is 0 Å². The Morgan fingerprint density at radius 3 is 2.57 bits per heavy atom. The van der Waals surface area contributed by atoms with Crippen LogP contribution in [0, 0.1) is 17.8 Å². The van der Waals surface area contributed by atoms with Crippen LogP contribution in [0.1, 0.15) is 38.5 Å². The molecular weight excluding hydrogens is 285 g/mol. The monoisotopic (exact) mass is 307 g/mol. The molecule has 0 spiro atoms. The second-order valence-electron chi connectivity index (χ2n) is 5.65. The first-order valence-electron chi connectivity index (χ1n) is 5.92. The molecule has 0 aromatic carbocycles. The topological polar surface area (TPSA) is 3.24 Å². The van der Waals surface area contributed by atoms with Crippen LogP contribution in [-0.2, 0) is 0 Å². The van der Waals surface area contributed by atoms with Crippen molar-refractivity contribution in [1.29, 1.82) is 0 Å². The van der Waals surface area contributed by atoms with E-state index in [-0.39, 0.29) is 24.0 Å². The highest BCUT2D eigenvalue weighted by molar-refractivity contribution is 14.0. The van der Waals surface area contributed by atoms with Gasteiger partial charge in [0.05, 0.1) is 0 Å². The van der Waals surface area contributed by atoms with Gasteiger partial charge in [0.25, 0.3) is 0 Å². The third-order valence-electron chi connectivity index (χ3n) is 5.32. The lowest BCUT2D eigenvalue weighted by Crippen LogP contribution is -2.51. The summed E-state index contributed by atoms with van der Waals surface area (Å²) >= 11 is 0. The minimum absolute atomic E-state index is 0. The van der Waals surface area contributed by atoms with Crippen molar-refractivity contribution in [2.24, 2.45) is 17.8 Å². The Kier molecular flexibility index (Phi) is 2.89. The van der Waals surface area contributed by atoms with E-state index in [2.05, 4.69) is 19.0 Å². The molecule has 14 heavy (non-hydrogen) atoms. The highest BCUT2D eigenvalue weighted by Gasteiger charge is 2.60. The number of rotatable bonds is 1. The van der Waals surface area contributed by atoms with Gasteiger partial charge in [0.2, 0.25) is 0 Å². The molecule has 3 aliphatic carbocycles. The van der Waals surface area contributed by atoms with Gasteiger partial charge in [0, 0.05) is 5.54 Å². The quantitative estimate of drug-likeness (QED) is 0.673. The molecule has 0 aromatic rings. The van der Waals surface area contributed by atoms with E-state index in [0.29, 0.717) is 5.54 Å². The lowest BCUT2D eigenvalue weighted by Gasteiger charge is -2.45. The van der Waals surface area contributed by atoms with E-state index in [0.717, 1.165) is 17.8 Å². The van der Waals surface area contributed by atoms with Crippen molar-refractivity contribution in [2.45, 2.75) is 44.1 Å². The first kappa shape index (κ1) is 11.2. The van der Waals surface area contributed by atoms with E-state index >= 15 is 0 Å². The van der Waals surface area contributed by atoms with Crippen LogP contribution in [0.15, 0.2) is 0 Å². The van der Waals surface area contributed by atoms with Crippen molar-refractivity contribution >= 4 is 24.0 Å². The van der Waals surface area contributed by atoms with Crippen molar-refractivity contribution in [3.63, 3.8) is 0 Å². The SMILES string of the molecule is CN(C)[C@]12CCC[C@H]1[C@@H]1CC[C@H]2C1.I. The molecule has 2 heteroatoms. The average Bonchev–Trinajstić information content (AvgIpc) is 2.76. The molecule has 0 amide bonds. The summed E-state index contributed by atoms with van der Waals surface area (Å²) in [4.78, 5) is 2.58. The molecule has 3 fully saturated rings. The largest absolute Gasteiger partial charge is 0.303 e. The third kappa shape index (κ3) is 1.16. The normalized spacial score (nSPS) is 49.5. The fourth-order valence-corrected chi connectivity index (χ4v) is 4.95. The molecule has 2 bridgehead atoms. The summed E-state index contributed by atoms with van der Waals surface area (Å²) in [6.07, 6.45) is 9.15. The van der Waals surface area contributed by atoms with E-state index in [1.165, 1.54) is 25.7 Å². The molecule has 0 heterocycles. The second kappa shape index (κ2) is 3.62. The number of hydrogen-bond acceptors (Lipinski definition) is 1. The molecular formula is C12H22IN. The lowest BCUT2D eigenvalue weighted by molar-refractivity contribution is 0.0487. The van der Waals surface area contributed by atoms with E-state index in [1.807, 2.05) is 0 Å². The zero-order valence-electron chi connectivity index (χ0n) is 9.33. The summed E-state index contributed by atoms with van der Waals surface area (Å²) in [5, 5.41) is 0. The summed E-state index contributed by atoms with van der Waals surface area (Å²) in [7, 11) is 4.64. The number of halogens is 1. The van der Waals surface area contributed by atoms with Crippen LogP contribution in [0.4, 0.5) is 0 Å². The molecule has 3 aliphatic rings. The smallest absolute Gasteiger partial charge is 0.0262 e. The van der Waals surface area contributed by atoms with Crippen LogP contribution in [0.2, 0.25) is 0 Å². The van der Waals surface area contributed by atoms with Gasteiger partial charge in [-0.3, -0.25) is 0 Å². The lowest BCUT2D eigenvalue weighted by atomic mass is 9.74. The Balaban J connectivity index is 0.000000750. The number of fused-ring (bicyclic) bond motifs is 5. The summed E-state index contributed by atoms with van der Waals surface area (Å²) in [5.41, 5.74) is 0.656. The molecule has 0 aromatic heterocycles. The molecule has 82 valence electrons. The molecule has 0 saturated heterocycles. The van der Waals surface area contributed by atoms with E-state index in [4.69, 9.17) is 0 Å². The van der Waals surface area contributed by atoms with Crippen molar-refractivity contribution in [1.82, 2.24) is 4.90 Å². The highest BCUT2D eigenvalue weighted by Crippen LogP contribution is 2.62. The predicted molar refractivity (Wildman–Crippen MR) is 70.0 cm³/mol. The van der Waals surface area contributed by atoms with Crippen molar-refractivity contribution in [2.75, 3.05) is 14.1 Å². The van der Waals surface area contributed by atoms with Gasteiger partial charge in [-0.15, -0.1) is 24.0 Å². The number of hydrogen-bond donors (Lipinski definition) is 0. The van der Waals surface area contributed by atoms with Crippen LogP contribution >= 0.6 is 24.0 Å². The third-order valence-corrected chi connectivity index (χ3v) is 5.32. The Morgan fingerprint density at radius 1 is 1.14 bits per heavy atom. The standard InChI is InChI=1S/C12H21N.HI/c1-13(2)12-7-3-4-11(12)9-5-6-10(12)8-9;/h9-11H,3-8H2,1-2H3;1H/t9-,10+,11+,12+;/m1./s1. The van der Waals surface area contributed by atoms with Gasteiger partial charge < -0.3 is 4.90 Å². The fourth-order valence-electron chi connectivity index (χ4n) is 4.95. The van der Waals surface area contributed by atoms with Gasteiger partial charge in [0.15, 0.2) is 0 Å². The first-order valence-corrected chi connectivity index (χ1v) is 5.92. The molecule has 3 saturated carbocycles. The highest BCUT2D eigenvalue weighted by atomic mass is 127. The van der Waals surface area contributed by atoms with E-state index in [1.54, 1.807) is 12.8 Å². The minimum atomic E-state index is 0. The Labute approximate surface area is 105 Å². The van der Waals surface area contributed by atoms with Crippen LogP contribution in [-0.4, -0.2) is 24.5 Å². The number of nitrogens with zero attached hydrogens (tertiary/aromatic N) is 1. The van der Waals surface area contributed by atoms with Gasteiger partial charge in [-0.05, 0) is 64.0 Å². The Hall–Kier alpha value is 0.690. The van der Waals surface area contributed by atoms with E-state index in [9.17, 15) is 0 Å². The Bertz CT molecular complexity index is 228. The zero-order chi connectivity index (χ0) is 9.05. The summed E-state index contributed by atoms with van der Waals surface area (Å²) < 4.78 is 0. The second-order valence-corrected chi connectivity index (χ2v) is 5.65. The van der Waals surface area contributed by atoms with Crippen molar-refractivity contribution < 1.29 is 0 Å². The molecule has 0 unspecified atom stereocenters.